The van der Waals surface area contributed by atoms with Crippen molar-refractivity contribution in [3.8, 4) is 5.82 Å². The summed E-state index contributed by atoms with van der Waals surface area (Å²) in [5, 5.41) is 0.237. The minimum atomic E-state index is 0.237. The average Bonchev–Trinajstić information content (AvgIpc) is 2.56. The van der Waals surface area contributed by atoms with E-state index in [-0.39, 0.29) is 5.28 Å². The van der Waals surface area contributed by atoms with E-state index in [0.717, 1.165) is 0 Å². The van der Waals surface area contributed by atoms with Gasteiger partial charge in [-0.05, 0) is 17.7 Å². The minimum Gasteiger partial charge on any atom is -0.290 e. The Bertz CT molecular complexity index is 371. The molecule has 0 saturated carbocycles. The summed E-state index contributed by atoms with van der Waals surface area (Å²) in [7, 11) is 0. The summed E-state index contributed by atoms with van der Waals surface area (Å²) in [6.07, 6.45) is 6.72. The third kappa shape index (κ3) is 1.29. The van der Waals surface area contributed by atoms with Gasteiger partial charge >= 0.3 is 0 Å². The fraction of sp³-hybridized carbons (Fsp3) is 0. The summed E-state index contributed by atoms with van der Waals surface area (Å²) in [5.41, 5.74) is 0. The lowest BCUT2D eigenvalue weighted by molar-refractivity contribution is 0.971. The van der Waals surface area contributed by atoms with Gasteiger partial charge in [-0.3, -0.25) is 4.57 Å². The van der Waals surface area contributed by atoms with Crippen LogP contribution in [-0.2, 0) is 0 Å². The molecule has 0 saturated heterocycles. The Hall–Kier alpha value is -1.42. The molecular weight excluding hydrogens is 176 g/mol. The quantitative estimate of drug-likeness (QED) is 0.622. The van der Waals surface area contributed by atoms with Gasteiger partial charge in [-0.25, -0.2) is 9.97 Å². The molecule has 12 heavy (non-hydrogen) atoms. The smallest absolute Gasteiger partial charge is 0.224 e. The monoisotopic (exact) mass is 180 g/mol. The van der Waals surface area contributed by atoms with Crippen LogP contribution in [-0.4, -0.2) is 19.5 Å². The number of hydrogen-bond donors (Lipinski definition) is 0. The highest BCUT2D eigenvalue weighted by molar-refractivity contribution is 6.28. The van der Waals surface area contributed by atoms with Crippen molar-refractivity contribution in [1.82, 2.24) is 19.5 Å². The zero-order chi connectivity index (χ0) is 8.39. The van der Waals surface area contributed by atoms with Crippen LogP contribution in [0.2, 0.25) is 5.28 Å². The molecule has 2 heterocycles. The Morgan fingerprint density at radius 1 is 1.33 bits per heavy atom. The van der Waals surface area contributed by atoms with E-state index in [1.807, 2.05) is 0 Å². The summed E-state index contributed by atoms with van der Waals surface area (Å²) < 4.78 is 1.76. The lowest BCUT2D eigenvalue weighted by atomic mass is 10.6. The summed E-state index contributed by atoms with van der Waals surface area (Å²) in [4.78, 5) is 11.7. The highest BCUT2D eigenvalue weighted by atomic mass is 35.5. The molecule has 0 amide bonds. The van der Waals surface area contributed by atoms with Crippen LogP contribution in [0.5, 0.6) is 0 Å². The van der Waals surface area contributed by atoms with E-state index in [4.69, 9.17) is 11.6 Å². The Labute approximate surface area is 73.9 Å². The maximum absolute atomic E-state index is 5.61. The zero-order valence-electron chi connectivity index (χ0n) is 6.05. The van der Waals surface area contributed by atoms with Gasteiger partial charge in [0, 0.05) is 18.6 Å². The van der Waals surface area contributed by atoms with Crippen molar-refractivity contribution >= 4 is 11.6 Å². The standard InChI is InChI=1S/C7H5ClN4/c8-7-10-2-1-6(11-7)12-4-3-9-5-12/h1-5H. The molecule has 60 valence electrons. The zero-order valence-corrected chi connectivity index (χ0v) is 6.81. The number of nitrogens with zero attached hydrogens (tertiary/aromatic N) is 4. The molecule has 0 atom stereocenters. The Balaban J connectivity index is 2.48. The predicted molar refractivity (Wildman–Crippen MR) is 44.2 cm³/mol. The van der Waals surface area contributed by atoms with Crippen LogP contribution < -0.4 is 0 Å². The van der Waals surface area contributed by atoms with Crippen LogP contribution in [0, 0.1) is 0 Å². The van der Waals surface area contributed by atoms with E-state index in [0.29, 0.717) is 5.82 Å². The van der Waals surface area contributed by atoms with Gasteiger partial charge in [-0.2, -0.15) is 4.98 Å². The van der Waals surface area contributed by atoms with Crippen molar-refractivity contribution in [2.75, 3.05) is 0 Å². The summed E-state index contributed by atoms with van der Waals surface area (Å²) in [6, 6.07) is 1.76. The number of halogens is 1. The SMILES string of the molecule is Clc1nccc(-n2ccnc2)n1. The number of rotatable bonds is 1. The fourth-order valence-electron chi connectivity index (χ4n) is 0.865. The van der Waals surface area contributed by atoms with Gasteiger partial charge < -0.3 is 0 Å². The van der Waals surface area contributed by atoms with E-state index in [2.05, 4.69) is 15.0 Å². The molecule has 0 aliphatic rings. The van der Waals surface area contributed by atoms with Gasteiger partial charge in [-0.15, -0.1) is 0 Å². The predicted octanol–water partition coefficient (Wildman–Crippen LogP) is 1.32. The third-order valence-electron chi connectivity index (χ3n) is 1.38. The molecule has 5 heteroatoms. The number of hydrogen-bond acceptors (Lipinski definition) is 3. The highest BCUT2D eigenvalue weighted by Gasteiger charge is 1.96. The first-order valence-corrected chi connectivity index (χ1v) is 3.71. The van der Waals surface area contributed by atoms with Gasteiger partial charge in [0.25, 0.3) is 0 Å². The number of imidazole rings is 1. The van der Waals surface area contributed by atoms with Crippen LogP contribution in [0.4, 0.5) is 0 Å². The molecule has 0 aliphatic carbocycles. The maximum atomic E-state index is 5.61. The molecule has 0 spiro atoms. The van der Waals surface area contributed by atoms with E-state index < -0.39 is 0 Å². The Morgan fingerprint density at radius 3 is 2.92 bits per heavy atom. The van der Waals surface area contributed by atoms with Crippen LogP contribution in [0.25, 0.3) is 5.82 Å². The summed E-state index contributed by atoms with van der Waals surface area (Å²) >= 11 is 5.61. The van der Waals surface area contributed by atoms with E-state index >= 15 is 0 Å². The minimum absolute atomic E-state index is 0.237. The molecule has 0 unspecified atom stereocenters. The molecule has 0 aliphatic heterocycles. The van der Waals surface area contributed by atoms with Gasteiger partial charge in [-0.1, -0.05) is 0 Å². The van der Waals surface area contributed by atoms with E-state index in [9.17, 15) is 0 Å². The lowest BCUT2D eigenvalue weighted by Gasteiger charge is -1.98. The van der Waals surface area contributed by atoms with Crippen molar-refractivity contribution in [3.05, 3.63) is 36.3 Å². The number of aromatic nitrogens is 4. The van der Waals surface area contributed by atoms with E-state index in [1.165, 1.54) is 0 Å². The molecule has 2 aromatic rings. The van der Waals surface area contributed by atoms with Crippen molar-refractivity contribution in [2.45, 2.75) is 0 Å². The van der Waals surface area contributed by atoms with E-state index in [1.54, 1.807) is 35.6 Å². The average molecular weight is 181 g/mol. The molecular formula is C7H5ClN4. The molecule has 2 rings (SSSR count). The fourth-order valence-corrected chi connectivity index (χ4v) is 1.01. The highest BCUT2D eigenvalue weighted by Crippen LogP contribution is 2.05. The largest absolute Gasteiger partial charge is 0.290 e. The molecule has 0 bridgehead atoms. The second-order valence-corrected chi connectivity index (χ2v) is 2.49. The van der Waals surface area contributed by atoms with Crippen molar-refractivity contribution in [2.24, 2.45) is 0 Å². The first-order valence-electron chi connectivity index (χ1n) is 3.33. The third-order valence-corrected chi connectivity index (χ3v) is 1.56. The topological polar surface area (TPSA) is 43.6 Å². The van der Waals surface area contributed by atoms with Gasteiger partial charge in [0.15, 0.2) is 0 Å². The Kier molecular flexibility index (Phi) is 1.75. The summed E-state index contributed by atoms with van der Waals surface area (Å²) in [5.74, 6) is 0.715. The first-order chi connectivity index (χ1) is 5.86. The molecule has 0 aromatic carbocycles. The second kappa shape index (κ2) is 2.91. The maximum Gasteiger partial charge on any atom is 0.224 e. The molecule has 0 fully saturated rings. The van der Waals surface area contributed by atoms with Crippen molar-refractivity contribution < 1.29 is 0 Å². The molecule has 2 aromatic heterocycles. The Morgan fingerprint density at radius 2 is 2.25 bits per heavy atom. The first kappa shape index (κ1) is 7.24. The van der Waals surface area contributed by atoms with Crippen LogP contribution in [0.15, 0.2) is 31.0 Å². The summed E-state index contributed by atoms with van der Waals surface area (Å²) in [6.45, 7) is 0. The van der Waals surface area contributed by atoms with Crippen LogP contribution in [0.1, 0.15) is 0 Å². The molecule has 4 nitrogen and oxygen atoms in total. The van der Waals surface area contributed by atoms with Gasteiger partial charge in [0.05, 0.1) is 0 Å². The van der Waals surface area contributed by atoms with Crippen LogP contribution in [0.3, 0.4) is 0 Å². The molecule has 0 radical (unpaired) electrons. The normalized spacial score (nSPS) is 10.1. The van der Waals surface area contributed by atoms with Crippen LogP contribution >= 0.6 is 11.6 Å². The second-order valence-electron chi connectivity index (χ2n) is 2.15. The van der Waals surface area contributed by atoms with Gasteiger partial charge in [0.1, 0.15) is 12.1 Å². The van der Waals surface area contributed by atoms with Crippen molar-refractivity contribution in [1.29, 1.82) is 0 Å². The lowest BCUT2D eigenvalue weighted by Crippen LogP contribution is -1.94. The van der Waals surface area contributed by atoms with Gasteiger partial charge in [0.2, 0.25) is 5.28 Å². The molecule has 0 N–H and O–H groups in total. The van der Waals surface area contributed by atoms with Crippen molar-refractivity contribution in [3.63, 3.8) is 0 Å².